The first-order valence-corrected chi connectivity index (χ1v) is 9.48. The van der Waals surface area contributed by atoms with Crippen LogP contribution in [0.3, 0.4) is 0 Å². The maximum atomic E-state index is 12.0. The highest BCUT2D eigenvalue weighted by Crippen LogP contribution is 2.26. The van der Waals surface area contributed by atoms with E-state index in [0.29, 0.717) is 13.2 Å². The molecule has 142 valence electrons. The molecule has 1 aromatic heterocycles. The van der Waals surface area contributed by atoms with Crippen molar-refractivity contribution in [3.63, 3.8) is 0 Å². The van der Waals surface area contributed by atoms with E-state index in [1.165, 1.54) is 5.56 Å². The smallest absolute Gasteiger partial charge is 0.244 e. The number of aromatic nitrogens is 1. The van der Waals surface area contributed by atoms with E-state index in [9.17, 15) is 4.79 Å². The second kappa shape index (κ2) is 8.57. The molecule has 0 aliphatic carbocycles. The fourth-order valence-corrected chi connectivity index (χ4v) is 3.20. The fraction of sp³-hybridized carbons (Fsp3) is 0.217. The summed E-state index contributed by atoms with van der Waals surface area (Å²) in [5.41, 5.74) is 3.06. The largest absolute Gasteiger partial charge is 0.493 e. The van der Waals surface area contributed by atoms with E-state index in [0.717, 1.165) is 47.4 Å². The van der Waals surface area contributed by atoms with Crippen LogP contribution in [0.5, 0.6) is 11.5 Å². The summed E-state index contributed by atoms with van der Waals surface area (Å²) in [6.07, 6.45) is 6.80. The molecule has 1 N–H and O–H groups in total. The molecule has 4 rings (SSSR count). The second-order valence-electron chi connectivity index (χ2n) is 6.62. The van der Waals surface area contributed by atoms with Crippen molar-refractivity contribution in [1.82, 2.24) is 10.3 Å². The van der Waals surface area contributed by atoms with Gasteiger partial charge in [-0.05, 0) is 47.9 Å². The molecule has 3 aromatic rings. The Kier molecular flexibility index (Phi) is 5.52. The minimum atomic E-state index is -0.108. The predicted octanol–water partition coefficient (Wildman–Crippen LogP) is 3.77. The average Bonchev–Trinajstić information content (AvgIpc) is 3.20. The molecule has 28 heavy (non-hydrogen) atoms. The van der Waals surface area contributed by atoms with Crippen LogP contribution >= 0.6 is 0 Å². The Bertz CT molecular complexity index is 1010. The van der Waals surface area contributed by atoms with Gasteiger partial charge >= 0.3 is 0 Å². The van der Waals surface area contributed by atoms with Crippen molar-refractivity contribution < 1.29 is 14.3 Å². The molecule has 0 fully saturated rings. The van der Waals surface area contributed by atoms with Gasteiger partial charge < -0.3 is 14.8 Å². The standard InChI is InChI=1S/C23H22N2O3/c26-22(10-8-17-7-9-20-19(16-17)11-15-28-20)24-13-3-14-27-21-6-1-4-18-5-2-12-25-23(18)21/h1-2,4-10,12,16H,3,11,13-15H2,(H,24,26)/b10-8+. The molecule has 0 radical (unpaired) electrons. The Morgan fingerprint density at radius 1 is 1.21 bits per heavy atom. The number of para-hydroxylation sites is 1. The van der Waals surface area contributed by atoms with Gasteiger partial charge in [-0.3, -0.25) is 9.78 Å². The summed E-state index contributed by atoms with van der Waals surface area (Å²) in [6, 6.07) is 15.8. The molecule has 2 heterocycles. The molecule has 1 aliphatic rings. The zero-order valence-corrected chi connectivity index (χ0v) is 15.6. The highest BCUT2D eigenvalue weighted by atomic mass is 16.5. The lowest BCUT2D eigenvalue weighted by Crippen LogP contribution is -2.23. The number of rotatable bonds is 7. The van der Waals surface area contributed by atoms with Crippen LogP contribution in [0, 0.1) is 0 Å². The highest BCUT2D eigenvalue weighted by molar-refractivity contribution is 5.91. The third kappa shape index (κ3) is 4.31. The molecule has 0 spiro atoms. The number of pyridine rings is 1. The summed E-state index contributed by atoms with van der Waals surface area (Å²) in [4.78, 5) is 16.4. The summed E-state index contributed by atoms with van der Waals surface area (Å²) in [5.74, 6) is 1.61. The summed E-state index contributed by atoms with van der Waals surface area (Å²) >= 11 is 0. The molecule has 5 heteroatoms. The predicted molar refractivity (Wildman–Crippen MR) is 110 cm³/mol. The first kappa shape index (κ1) is 18.0. The fourth-order valence-electron chi connectivity index (χ4n) is 3.20. The van der Waals surface area contributed by atoms with E-state index in [1.807, 2.05) is 48.5 Å². The number of ether oxygens (including phenoxy) is 2. The van der Waals surface area contributed by atoms with Gasteiger partial charge in [0.05, 0.1) is 13.2 Å². The lowest BCUT2D eigenvalue weighted by atomic mass is 10.1. The number of hydrogen-bond donors (Lipinski definition) is 1. The highest BCUT2D eigenvalue weighted by Gasteiger charge is 2.11. The van der Waals surface area contributed by atoms with Gasteiger partial charge in [-0.2, -0.15) is 0 Å². The van der Waals surface area contributed by atoms with Crippen LogP contribution in [0.15, 0.2) is 60.8 Å². The monoisotopic (exact) mass is 374 g/mol. The topological polar surface area (TPSA) is 60.5 Å². The first-order chi connectivity index (χ1) is 13.8. The minimum Gasteiger partial charge on any atom is -0.493 e. The molecule has 0 saturated carbocycles. The lowest BCUT2D eigenvalue weighted by Gasteiger charge is -2.08. The van der Waals surface area contributed by atoms with Crippen molar-refractivity contribution >= 4 is 22.9 Å². The van der Waals surface area contributed by atoms with Crippen LogP contribution in [-0.2, 0) is 11.2 Å². The van der Waals surface area contributed by atoms with Crippen LogP contribution in [-0.4, -0.2) is 30.6 Å². The van der Waals surface area contributed by atoms with E-state index in [2.05, 4.69) is 16.4 Å². The van der Waals surface area contributed by atoms with Crippen molar-refractivity contribution in [2.75, 3.05) is 19.8 Å². The molecule has 0 saturated heterocycles. The number of amides is 1. The molecule has 0 atom stereocenters. The van der Waals surface area contributed by atoms with E-state index < -0.39 is 0 Å². The zero-order valence-electron chi connectivity index (χ0n) is 15.6. The molecule has 1 amide bonds. The van der Waals surface area contributed by atoms with Gasteiger partial charge in [0.2, 0.25) is 5.91 Å². The van der Waals surface area contributed by atoms with Crippen LogP contribution in [0.4, 0.5) is 0 Å². The SMILES string of the molecule is O=C(/C=C/c1ccc2c(c1)CCO2)NCCCOc1cccc2cccnc12. The summed E-state index contributed by atoms with van der Waals surface area (Å²) in [5, 5.41) is 3.93. The van der Waals surface area contributed by atoms with Crippen molar-refractivity contribution in [2.45, 2.75) is 12.8 Å². The van der Waals surface area contributed by atoms with Gasteiger partial charge in [0.25, 0.3) is 0 Å². The Morgan fingerprint density at radius 2 is 2.14 bits per heavy atom. The Morgan fingerprint density at radius 3 is 3.11 bits per heavy atom. The van der Waals surface area contributed by atoms with Gasteiger partial charge in [0.1, 0.15) is 17.0 Å². The van der Waals surface area contributed by atoms with Gasteiger partial charge in [-0.25, -0.2) is 0 Å². The van der Waals surface area contributed by atoms with Crippen LogP contribution in [0.2, 0.25) is 0 Å². The number of hydrogen-bond acceptors (Lipinski definition) is 4. The number of benzene rings is 2. The quantitative estimate of drug-likeness (QED) is 0.505. The summed E-state index contributed by atoms with van der Waals surface area (Å²) < 4.78 is 11.3. The molecule has 0 bridgehead atoms. The van der Waals surface area contributed by atoms with E-state index in [-0.39, 0.29) is 5.91 Å². The van der Waals surface area contributed by atoms with E-state index >= 15 is 0 Å². The van der Waals surface area contributed by atoms with Crippen molar-refractivity contribution in [1.29, 1.82) is 0 Å². The van der Waals surface area contributed by atoms with E-state index in [1.54, 1.807) is 12.3 Å². The molecule has 1 aliphatic heterocycles. The second-order valence-corrected chi connectivity index (χ2v) is 6.62. The summed E-state index contributed by atoms with van der Waals surface area (Å²) in [6.45, 7) is 1.81. The van der Waals surface area contributed by atoms with Crippen LogP contribution in [0.1, 0.15) is 17.5 Å². The third-order valence-electron chi connectivity index (χ3n) is 4.61. The molecule has 0 unspecified atom stereocenters. The number of carbonyl (C=O) groups excluding carboxylic acids is 1. The van der Waals surface area contributed by atoms with Crippen LogP contribution in [0.25, 0.3) is 17.0 Å². The Balaban J connectivity index is 1.21. The molecule has 2 aromatic carbocycles. The van der Waals surface area contributed by atoms with Gasteiger partial charge in [0.15, 0.2) is 0 Å². The summed E-state index contributed by atoms with van der Waals surface area (Å²) in [7, 11) is 0. The van der Waals surface area contributed by atoms with Gasteiger partial charge in [0, 0.05) is 30.6 Å². The zero-order chi connectivity index (χ0) is 19.2. The lowest BCUT2D eigenvalue weighted by molar-refractivity contribution is -0.116. The normalized spacial score (nSPS) is 12.7. The third-order valence-corrected chi connectivity index (χ3v) is 4.61. The van der Waals surface area contributed by atoms with E-state index in [4.69, 9.17) is 9.47 Å². The Hall–Kier alpha value is -3.34. The van der Waals surface area contributed by atoms with Crippen molar-refractivity contribution in [3.05, 3.63) is 71.9 Å². The van der Waals surface area contributed by atoms with Gasteiger partial charge in [-0.15, -0.1) is 0 Å². The Labute approximate surface area is 164 Å². The number of nitrogens with one attached hydrogen (secondary N) is 1. The van der Waals surface area contributed by atoms with Crippen molar-refractivity contribution in [2.24, 2.45) is 0 Å². The number of carbonyl (C=O) groups is 1. The first-order valence-electron chi connectivity index (χ1n) is 9.48. The average molecular weight is 374 g/mol. The molecular formula is C23H22N2O3. The number of nitrogens with zero attached hydrogens (tertiary/aromatic N) is 1. The van der Waals surface area contributed by atoms with Crippen LogP contribution < -0.4 is 14.8 Å². The maximum Gasteiger partial charge on any atom is 0.244 e. The molecule has 5 nitrogen and oxygen atoms in total. The maximum absolute atomic E-state index is 12.0. The van der Waals surface area contributed by atoms with Crippen molar-refractivity contribution in [3.8, 4) is 11.5 Å². The van der Waals surface area contributed by atoms with Gasteiger partial charge in [-0.1, -0.05) is 24.3 Å². The molecular weight excluding hydrogens is 352 g/mol. The number of fused-ring (bicyclic) bond motifs is 2. The minimum absolute atomic E-state index is 0.108.